The summed E-state index contributed by atoms with van der Waals surface area (Å²) >= 11 is 0. The Morgan fingerprint density at radius 2 is 1.18 bits per heavy atom. The average molecular weight is 647 g/mol. The summed E-state index contributed by atoms with van der Waals surface area (Å²) in [5.74, 6) is -2.96. The lowest BCUT2D eigenvalue weighted by molar-refractivity contribution is -0.468. The second kappa shape index (κ2) is 12.7. The molecular weight excluding hydrogens is 608 g/mol. The predicted molar refractivity (Wildman–Crippen MR) is 128 cm³/mol. The van der Waals surface area contributed by atoms with Gasteiger partial charge in [0, 0.05) is 0 Å². The summed E-state index contributed by atoms with van der Waals surface area (Å²) < 4.78 is 49.7. The monoisotopic (exact) mass is 646 g/mol. The molecule has 44 heavy (non-hydrogen) atoms. The molecule has 0 aromatic carbocycles. The molecule has 6 rings (SSSR count). The molecule has 0 unspecified atom stereocenters. The third-order valence-electron chi connectivity index (χ3n) is 8.79. The predicted octanol–water partition coefficient (Wildman–Crippen LogP) is -8.34. The number of fused-ring (bicyclic) bond motifs is 4. The first-order valence-corrected chi connectivity index (χ1v) is 14.1. The maximum atomic E-state index is 11.1. The van der Waals surface area contributed by atoms with Gasteiger partial charge in [0.05, 0.1) is 26.4 Å². The van der Waals surface area contributed by atoms with Crippen molar-refractivity contribution in [3.63, 3.8) is 0 Å². The van der Waals surface area contributed by atoms with Crippen LogP contribution in [-0.4, -0.2) is 205 Å². The Morgan fingerprint density at radius 3 is 1.84 bits per heavy atom. The highest BCUT2D eigenvalue weighted by Gasteiger charge is 2.61. The van der Waals surface area contributed by atoms with Crippen LogP contribution >= 0.6 is 0 Å². The van der Waals surface area contributed by atoms with E-state index in [0.29, 0.717) is 0 Å². The van der Waals surface area contributed by atoms with E-state index in [1.807, 2.05) is 0 Å². The maximum Gasteiger partial charge on any atom is 0.311 e. The second-order valence-electron chi connectivity index (χ2n) is 11.6. The van der Waals surface area contributed by atoms with Crippen molar-refractivity contribution in [3.05, 3.63) is 0 Å². The minimum atomic E-state index is -2.96. The molecule has 6 saturated heterocycles. The second-order valence-corrected chi connectivity index (χ2v) is 11.6. The van der Waals surface area contributed by atoms with Gasteiger partial charge in [-0.05, 0) is 0 Å². The fourth-order valence-corrected chi connectivity index (χ4v) is 6.34. The molecule has 4 bridgehead atoms. The third-order valence-corrected chi connectivity index (χ3v) is 8.79. The van der Waals surface area contributed by atoms with Gasteiger partial charge in [-0.25, -0.2) is 0 Å². The van der Waals surface area contributed by atoms with Crippen LogP contribution in [0.4, 0.5) is 0 Å². The zero-order chi connectivity index (χ0) is 31.7. The largest absolute Gasteiger partial charge is 0.394 e. The summed E-state index contributed by atoms with van der Waals surface area (Å²) in [6.07, 6.45) is -28.4. The molecule has 254 valence electrons. The van der Waals surface area contributed by atoms with Crippen LogP contribution in [0.2, 0.25) is 0 Å². The lowest BCUT2D eigenvalue weighted by Crippen LogP contribution is -2.69. The first kappa shape index (κ1) is 33.1. The van der Waals surface area contributed by atoms with Crippen molar-refractivity contribution in [2.45, 2.75) is 123 Å². The van der Waals surface area contributed by atoms with Crippen LogP contribution in [0.15, 0.2) is 0 Å². The van der Waals surface area contributed by atoms with E-state index in [4.69, 9.17) is 42.6 Å². The van der Waals surface area contributed by atoms with Crippen LogP contribution in [0.5, 0.6) is 0 Å². The molecule has 0 radical (unpaired) electrons. The summed E-state index contributed by atoms with van der Waals surface area (Å²) in [4.78, 5) is 0. The highest BCUT2D eigenvalue weighted by atomic mass is 16.9. The minimum Gasteiger partial charge on any atom is -0.394 e. The van der Waals surface area contributed by atoms with Crippen molar-refractivity contribution in [3.8, 4) is 0 Å². The summed E-state index contributed by atoms with van der Waals surface area (Å²) in [5.41, 5.74) is 0. The van der Waals surface area contributed by atoms with Gasteiger partial charge in [0.25, 0.3) is 0 Å². The van der Waals surface area contributed by atoms with Crippen LogP contribution in [0.3, 0.4) is 0 Å². The quantitative estimate of drug-likeness (QED) is 0.109. The Hall–Kier alpha value is -0.800. The summed E-state index contributed by atoms with van der Waals surface area (Å²) in [5, 5.41) is 114. The van der Waals surface area contributed by atoms with Crippen LogP contribution in [0.25, 0.3) is 0 Å². The molecule has 0 amide bonds. The summed E-state index contributed by atoms with van der Waals surface area (Å²) in [6.45, 7) is -1.85. The van der Waals surface area contributed by atoms with E-state index in [9.17, 15) is 56.2 Å². The van der Waals surface area contributed by atoms with Crippen molar-refractivity contribution in [1.29, 1.82) is 0 Å². The van der Waals surface area contributed by atoms with Crippen LogP contribution in [0.1, 0.15) is 0 Å². The van der Waals surface area contributed by atoms with Crippen LogP contribution in [-0.2, 0) is 42.6 Å². The molecule has 6 aliphatic heterocycles. The highest BCUT2D eigenvalue weighted by molar-refractivity contribution is 5.02. The van der Waals surface area contributed by atoms with Crippen LogP contribution < -0.4 is 0 Å². The molecule has 0 spiro atoms. The first-order valence-electron chi connectivity index (χ1n) is 14.1. The topological polar surface area (TPSA) is 306 Å². The summed E-state index contributed by atoms with van der Waals surface area (Å²) in [7, 11) is 0. The molecule has 0 aromatic heterocycles. The van der Waals surface area contributed by atoms with Crippen molar-refractivity contribution in [1.82, 2.24) is 0 Å². The van der Waals surface area contributed by atoms with Gasteiger partial charge in [0.2, 0.25) is 0 Å². The molecular formula is C24H38O20. The Morgan fingerprint density at radius 1 is 0.591 bits per heavy atom. The van der Waals surface area contributed by atoms with E-state index < -0.39 is 136 Å². The van der Waals surface area contributed by atoms with Gasteiger partial charge in [-0.1, -0.05) is 0 Å². The average Bonchev–Trinajstić information content (AvgIpc) is 3.48. The van der Waals surface area contributed by atoms with Gasteiger partial charge in [-0.3, -0.25) is 0 Å². The maximum absolute atomic E-state index is 11.1. The standard InChI is InChI=1S/C24H38O20/c25-1-5-10(28)17(13(31)22(39-5)41-15-7-3-36-18(15)12(30)21(34)38-7)42-23-14(32)19-16(8(40-23)4-37-19)44-24(35)20(33)11(29)9(27)6(2-26)43-24/h5-23,25-35H,1-4H2/t5-,6-,7+,8+,9+,10-,11+,12+,13-,14+,15+,16+,17+,18+,19+,20-,21-,22+,23+,24+/m1/s1. The summed E-state index contributed by atoms with van der Waals surface area (Å²) in [6, 6.07) is 0. The molecule has 20 atom stereocenters. The van der Waals surface area contributed by atoms with E-state index in [2.05, 4.69) is 0 Å². The molecule has 20 nitrogen and oxygen atoms in total. The van der Waals surface area contributed by atoms with Gasteiger partial charge in [0.1, 0.15) is 91.6 Å². The van der Waals surface area contributed by atoms with E-state index in [1.54, 1.807) is 0 Å². The van der Waals surface area contributed by atoms with Gasteiger partial charge in [0.15, 0.2) is 25.0 Å². The Balaban J connectivity index is 1.14. The number of hydrogen-bond acceptors (Lipinski definition) is 20. The van der Waals surface area contributed by atoms with Crippen molar-refractivity contribution < 1.29 is 98.8 Å². The zero-order valence-corrected chi connectivity index (χ0v) is 22.9. The first-order chi connectivity index (χ1) is 20.9. The number of hydrogen-bond donors (Lipinski definition) is 11. The van der Waals surface area contributed by atoms with E-state index in [0.717, 1.165) is 0 Å². The van der Waals surface area contributed by atoms with E-state index in [-0.39, 0.29) is 13.2 Å². The molecule has 0 saturated carbocycles. The smallest absolute Gasteiger partial charge is 0.311 e. The number of ether oxygens (including phenoxy) is 9. The van der Waals surface area contributed by atoms with Crippen molar-refractivity contribution in [2.24, 2.45) is 0 Å². The molecule has 6 heterocycles. The lowest BCUT2D eigenvalue weighted by atomic mass is 9.96. The molecule has 0 aliphatic carbocycles. The molecule has 0 aromatic rings. The van der Waals surface area contributed by atoms with Gasteiger partial charge in [-0.15, -0.1) is 0 Å². The normalized spacial score (nSPS) is 57.5. The van der Waals surface area contributed by atoms with Crippen molar-refractivity contribution >= 4 is 0 Å². The highest BCUT2D eigenvalue weighted by Crippen LogP contribution is 2.40. The van der Waals surface area contributed by atoms with E-state index in [1.165, 1.54) is 0 Å². The lowest BCUT2D eigenvalue weighted by Gasteiger charge is -2.48. The van der Waals surface area contributed by atoms with Gasteiger partial charge < -0.3 is 98.8 Å². The number of aliphatic hydroxyl groups is 11. The van der Waals surface area contributed by atoms with E-state index >= 15 is 0 Å². The minimum absolute atomic E-state index is 0.0379. The Bertz CT molecular complexity index is 991. The number of aliphatic hydroxyl groups excluding tert-OH is 10. The third kappa shape index (κ3) is 5.58. The van der Waals surface area contributed by atoms with Crippen LogP contribution in [0, 0.1) is 0 Å². The fraction of sp³-hybridized carbons (Fsp3) is 1.00. The SMILES string of the molecule is OC[C@H]1O[C@](O)(O[C@@H]2[C@H]3OC[C@@H]2O[C@@H](O[C@@H]2[C@@H](O)[C@H](O[C@@H]4[C@H]5OC[C@@H]4O[C@@H](O)[C@H]5O)O[C@H](CO)[C@H]2O)[C@H]3O)[C@H](O)[C@@H](O)[C@H]1O. The Labute approximate surface area is 248 Å². The van der Waals surface area contributed by atoms with Gasteiger partial charge >= 0.3 is 5.97 Å². The molecule has 11 N–H and O–H groups in total. The fourth-order valence-electron chi connectivity index (χ4n) is 6.34. The zero-order valence-electron chi connectivity index (χ0n) is 22.9. The number of rotatable bonds is 8. The van der Waals surface area contributed by atoms with Crippen molar-refractivity contribution in [2.75, 3.05) is 26.4 Å². The Kier molecular flexibility index (Phi) is 9.53. The molecule has 20 heteroatoms. The molecule has 6 fully saturated rings. The molecule has 6 aliphatic rings. The van der Waals surface area contributed by atoms with Gasteiger partial charge in [-0.2, -0.15) is 0 Å².